The SMILES string of the molecule is C=CCN(C(=O)C1NCCc2ccccc21)C1CCCC1. The average Bonchev–Trinajstić information content (AvgIpc) is 3.05. The zero-order chi connectivity index (χ0) is 14.7. The highest BCUT2D eigenvalue weighted by atomic mass is 16.2. The average molecular weight is 284 g/mol. The molecule has 1 amide bonds. The van der Waals surface area contributed by atoms with Crippen LogP contribution in [-0.2, 0) is 11.2 Å². The number of carbonyl (C=O) groups excluding carboxylic acids is 1. The number of fused-ring (bicyclic) bond motifs is 1. The number of carbonyl (C=O) groups is 1. The van der Waals surface area contributed by atoms with Gasteiger partial charge < -0.3 is 10.2 Å². The quantitative estimate of drug-likeness (QED) is 0.862. The number of benzene rings is 1. The van der Waals surface area contributed by atoms with Crippen molar-refractivity contribution in [1.82, 2.24) is 10.2 Å². The van der Waals surface area contributed by atoms with Crippen LogP contribution in [0.25, 0.3) is 0 Å². The van der Waals surface area contributed by atoms with Gasteiger partial charge in [-0.3, -0.25) is 4.79 Å². The minimum atomic E-state index is -0.185. The maximum absolute atomic E-state index is 13.1. The molecule has 0 bridgehead atoms. The minimum Gasteiger partial charge on any atom is -0.334 e. The van der Waals surface area contributed by atoms with Crippen molar-refractivity contribution in [2.45, 2.75) is 44.2 Å². The van der Waals surface area contributed by atoms with Crippen molar-refractivity contribution >= 4 is 5.91 Å². The van der Waals surface area contributed by atoms with E-state index >= 15 is 0 Å². The van der Waals surface area contributed by atoms with Gasteiger partial charge in [0.25, 0.3) is 0 Å². The first-order valence-electron chi connectivity index (χ1n) is 8.04. The molecule has 3 nitrogen and oxygen atoms in total. The monoisotopic (exact) mass is 284 g/mol. The summed E-state index contributed by atoms with van der Waals surface area (Å²) in [5.74, 6) is 0.217. The molecule has 1 N–H and O–H groups in total. The summed E-state index contributed by atoms with van der Waals surface area (Å²) in [4.78, 5) is 15.1. The Hall–Kier alpha value is -1.61. The predicted molar refractivity (Wildman–Crippen MR) is 85.1 cm³/mol. The van der Waals surface area contributed by atoms with Gasteiger partial charge in [0, 0.05) is 19.1 Å². The van der Waals surface area contributed by atoms with Crippen molar-refractivity contribution in [1.29, 1.82) is 0 Å². The number of nitrogens with one attached hydrogen (secondary N) is 1. The zero-order valence-corrected chi connectivity index (χ0v) is 12.6. The molecular formula is C18H24N2O. The van der Waals surface area contributed by atoms with Crippen LogP contribution in [0, 0.1) is 0 Å². The molecule has 3 heteroatoms. The van der Waals surface area contributed by atoms with Crippen LogP contribution in [0.15, 0.2) is 36.9 Å². The number of hydrogen-bond donors (Lipinski definition) is 1. The summed E-state index contributed by atoms with van der Waals surface area (Å²) >= 11 is 0. The number of rotatable bonds is 4. The van der Waals surface area contributed by atoms with Gasteiger partial charge in [-0.1, -0.05) is 43.2 Å². The Balaban J connectivity index is 1.84. The third kappa shape index (κ3) is 2.88. The van der Waals surface area contributed by atoms with Crippen LogP contribution in [0.1, 0.15) is 42.9 Å². The standard InChI is InChI=1S/C18H24N2O/c1-2-13-20(15-8-4-5-9-15)18(21)17-16-10-6-3-7-14(16)11-12-19-17/h2-3,6-7,10,15,17,19H,1,4-5,8-9,11-13H2. The lowest BCUT2D eigenvalue weighted by atomic mass is 9.93. The van der Waals surface area contributed by atoms with Crippen molar-refractivity contribution in [2.75, 3.05) is 13.1 Å². The van der Waals surface area contributed by atoms with Gasteiger partial charge in [0.15, 0.2) is 0 Å². The Morgan fingerprint density at radius 3 is 2.86 bits per heavy atom. The van der Waals surface area contributed by atoms with Gasteiger partial charge in [-0.25, -0.2) is 0 Å². The molecule has 1 aliphatic heterocycles. The van der Waals surface area contributed by atoms with E-state index in [2.05, 4.69) is 30.1 Å². The Kier molecular flexibility index (Phi) is 4.39. The highest BCUT2D eigenvalue weighted by molar-refractivity contribution is 5.84. The highest BCUT2D eigenvalue weighted by Crippen LogP contribution is 2.29. The second-order valence-electron chi connectivity index (χ2n) is 6.05. The first-order chi connectivity index (χ1) is 10.3. The van der Waals surface area contributed by atoms with Gasteiger partial charge in [-0.15, -0.1) is 6.58 Å². The molecule has 1 aromatic carbocycles. The fourth-order valence-corrected chi connectivity index (χ4v) is 3.66. The van der Waals surface area contributed by atoms with Crippen LogP contribution in [-0.4, -0.2) is 29.9 Å². The van der Waals surface area contributed by atoms with Gasteiger partial charge in [0.2, 0.25) is 5.91 Å². The van der Waals surface area contributed by atoms with Gasteiger partial charge in [0.1, 0.15) is 6.04 Å². The summed E-state index contributed by atoms with van der Waals surface area (Å²) in [7, 11) is 0. The second-order valence-corrected chi connectivity index (χ2v) is 6.05. The minimum absolute atomic E-state index is 0.185. The van der Waals surface area contributed by atoms with Crippen LogP contribution >= 0.6 is 0 Å². The van der Waals surface area contributed by atoms with Crippen LogP contribution in [0.5, 0.6) is 0 Å². The van der Waals surface area contributed by atoms with Crippen LogP contribution in [0.3, 0.4) is 0 Å². The van der Waals surface area contributed by atoms with E-state index < -0.39 is 0 Å². The maximum atomic E-state index is 13.1. The molecule has 112 valence electrons. The topological polar surface area (TPSA) is 32.3 Å². The second kappa shape index (κ2) is 6.44. The molecular weight excluding hydrogens is 260 g/mol. The third-order valence-corrected chi connectivity index (χ3v) is 4.73. The predicted octanol–water partition coefficient (Wildman–Crippen LogP) is 2.83. The van der Waals surface area contributed by atoms with E-state index in [1.807, 2.05) is 17.0 Å². The molecule has 1 saturated carbocycles. The van der Waals surface area contributed by atoms with Crippen molar-refractivity contribution in [3.05, 3.63) is 48.0 Å². The molecule has 1 aromatic rings. The van der Waals surface area contributed by atoms with Crippen molar-refractivity contribution in [3.63, 3.8) is 0 Å². The molecule has 0 spiro atoms. The molecule has 0 aromatic heterocycles. The fourth-order valence-electron chi connectivity index (χ4n) is 3.66. The van der Waals surface area contributed by atoms with E-state index in [0.29, 0.717) is 12.6 Å². The van der Waals surface area contributed by atoms with Crippen molar-refractivity contribution < 1.29 is 4.79 Å². The third-order valence-electron chi connectivity index (χ3n) is 4.73. The zero-order valence-electron chi connectivity index (χ0n) is 12.6. The molecule has 0 radical (unpaired) electrons. The molecule has 0 saturated heterocycles. The lowest BCUT2D eigenvalue weighted by molar-refractivity contribution is -0.135. The highest BCUT2D eigenvalue weighted by Gasteiger charge is 2.33. The lowest BCUT2D eigenvalue weighted by Gasteiger charge is -2.34. The first kappa shape index (κ1) is 14.3. The Morgan fingerprint density at radius 1 is 1.33 bits per heavy atom. The van der Waals surface area contributed by atoms with E-state index in [4.69, 9.17) is 0 Å². The van der Waals surface area contributed by atoms with E-state index in [9.17, 15) is 4.79 Å². The Labute approximate surface area is 127 Å². The molecule has 1 atom stereocenters. The van der Waals surface area contributed by atoms with E-state index in [1.165, 1.54) is 18.4 Å². The summed E-state index contributed by atoms with van der Waals surface area (Å²) in [6, 6.07) is 8.53. The number of nitrogens with zero attached hydrogens (tertiary/aromatic N) is 1. The summed E-state index contributed by atoms with van der Waals surface area (Å²) in [6.45, 7) is 5.36. The summed E-state index contributed by atoms with van der Waals surface area (Å²) in [5.41, 5.74) is 2.46. The molecule has 21 heavy (non-hydrogen) atoms. The Morgan fingerprint density at radius 2 is 2.10 bits per heavy atom. The van der Waals surface area contributed by atoms with Gasteiger partial charge in [0.05, 0.1) is 0 Å². The first-order valence-corrected chi connectivity index (χ1v) is 8.04. The lowest BCUT2D eigenvalue weighted by Crippen LogP contribution is -2.47. The van der Waals surface area contributed by atoms with Crippen LogP contribution in [0.2, 0.25) is 0 Å². The molecule has 1 aliphatic carbocycles. The van der Waals surface area contributed by atoms with Gasteiger partial charge >= 0.3 is 0 Å². The normalized spacial score (nSPS) is 21.8. The van der Waals surface area contributed by atoms with Crippen LogP contribution < -0.4 is 5.32 Å². The maximum Gasteiger partial charge on any atom is 0.244 e. The largest absolute Gasteiger partial charge is 0.334 e. The van der Waals surface area contributed by atoms with Gasteiger partial charge in [-0.05, 0) is 30.4 Å². The summed E-state index contributed by atoms with van der Waals surface area (Å²) in [5, 5.41) is 3.41. The molecule has 1 heterocycles. The van der Waals surface area contributed by atoms with Crippen molar-refractivity contribution in [2.24, 2.45) is 0 Å². The van der Waals surface area contributed by atoms with E-state index in [1.54, 1.807) is 0 Å². The van der Waals surface area contributed by atoms with Crippen molar-refractivity contribution in [3.8, 4) is 0 Å². The molecule has 2 aliphatic rings. The molecule has 1 unspecified atom stereocenters. The Bertz CT molecular complexity index is 520. The smallest absolute Gasteiger partial charge is 0.244 e. The molecule has 3 rings (SSSR count). The summed E-state index contributed by atoms with van der Waals surface area (Å²) < 4.78 is 0. The van der Waals surface area contributed by atoms with Gasteiger partial charge in [-0.2, -0.15) is 0 Å². The van der Waals surface area contributed by atoms with E-state index in [-0.39, 0.29) is 11.9 Å². The summed E-state index contributed by atoms with van der Waals surface area (Å²) in [6.07, 6.45) is 7.60. The number of amides is 1. The van der Waals surface area contributed by atoms with Crippen LogP contribution in [0.4, 0.5) is 0 Å². The number of hydrogen-bond acceptors (Lipinski definition) is 2. The van der Waals surface area contributed by atoms with E-state index in [0.717, 1.165) is 31.4 Å². The molecule has 1 fully saturated rings. The fraction of sp³-hybridized carbons (Fsp3) is 0.500.